The Morgan fingerprint density at radius 3 is 2.50 bits per heavy atom. The largest absolute Gasteiger partial charge is 0.497 e. The Balaban J connectivity index is 1.95. The molecule has 2 aromatic rings. The Bertz CT molecular complexity index is 863. The Morgan fingerprint density at radius 1 is 1.11 bits per heavy atom. The molecule has 0 aromatic heterocycles. The summed E-state index contributed by atoms with van der Waals surface area (Å²) in [5.74, 6) is 0.174. The number of benzene rings is 2. The fraction of sp³-hybridized carbons (Fsp3) is 0.190. The van der Waals surface area contributed by atoms with Crippen LogP contribution in [-0.4, -0.2) is 30.6 Å². The summed E-state index contributed by atoms with van der Waals surface area (Å²) in [6.07, 6.45) is 3.90. The van der Waals surface area contributed by atoms with Crippen LogP contribution in [0.3, 0.4) is 0 Å². The van der Waals surface area contributed by atoms with E-state index < -0.39 is 0 Å². The summed E-state index contributed by atoms with van der Waals surface area (Å²) in [6, 6.07) is 14.3. The van der Waals surface area contributed by atoms with Crippen molar-refractivity contribution in [1.82, 2.24) is 10.6 Å². The van der Waals surface area contributed by atoms with Gasteiger partial charge in [0.2, 0.25) is 5.91 Å². The quantitative estimate of drug-likeness (QED) is 0.493. The van der Waals surface area contributed by atoms with E-state index >= 15 is 0 Å². The molecule has 3 N–H and O–H groups in total. The fourth-order valence-electron chi connectivity index (χ4n) is 2.32. The normalized spacial score (nSPS) is 10.4. The highest BCUT2D eigenvalue weighted by atomic mass is 32.1. The van der Waals surface area contributed by atoms with Crippen LogP contribution in [0.2, 0.25) is 0 Å². The van der Waals surface area contributed by atoms with E-state index in [4.69, 9.17) is 17.0 Å². The fourth-order valence-corrected chi connectivity index (χ4v) is 2.53. The van der Waals surface area contributed by atoms with Gasteiger partial charge in [-0.3, -0.25) is 14.9 Å². The average Bonchev–Trinajstić information content (AvgIpc) is 2.71. The van der Waals surface area contributed by atoms with Crippen LogP contribution in [0.1, 0.15) is 29.3 Å². The predicted octanol–water partition coefficient (Wildman–Crippen LogP) is 3.36. The number of hydrogen-bond acceptors (Lipinski definition) is 4. The Labute approximate surface area is 170 Å². The molecular weight excluding hydrogens is 374 g/mol. The number of thiocarbonyl (C=S) groups is 1. The van der Waals surface area contributed by atoms with Crippen LogP contribution >= 0.6 is 12.2 Å². The molecule has 0 atom stereocenters. The number of rotatable bonds is 7. The number of amides is 2. The second-order valence-electron chi connectivity index (χ2n) is 5.85. The van der Waals surface area contributed by atoms with Crippen molar-refractivity contribution in [3.8, 4) is 5.75 Å². The van der Waals surface area contributed by atoms with E-state index in [2.05, 4.69) is 16.0 Å². The first-order valence-corrected chi connectivity index (χ1v) is 9.25. The topological polar surface area (TPSA) is 79.5 Å². The van der Waals surface area contributed by atoms with Gasteiger partial charge in [0.05, 0.1) is 18.4 Å². The number of ether oxygens (including phenoxy) is 1. The minimum absolute atomic E-state index is 0.111. The Morgan fingerprint density at radius 2 is 1.82 bits per heavy atom. The third-order valence-electron chi connectivity index (χ3n) is 3.74. The molecule has 0 aliphatic carbocycles. The standard InChI is InChI=1S/C21H23N3O3S/c1-3-14-22-20(26)17-6-4-5-7-18(17)23-21(28)24-19(25)13-10-15-8-11-16(27-2)12-9-15/h4-13H,3,14H2,1-2H3,(H,22,26)(H2,23,24,25,28)/b13-10+. The van der Waals surface area contributed by atoms with Crippen LogP contribution in [0, 0.1) is 0 Å². The van der Waals surface area contributed by atoms with E-state index in [9.17, 15) is 9.59 Å². The van der Waals surface area contributed by atoms with Crippen molar-refractivity contribution in [1.29, 1.82) is 0 Å². The van der Waals surface area contributed by atoms with E-state index in [0.29, 0.717) is 17.8 Å². The van der Waals surface area contributed by atoms with Crippen molar-refractivity contribution in [3.05, 3.63) is 65.7 Å². The number of para-hydroxylation sites is 1. The molecule has 146 valence electrons. The van der Waals surface area contributed by atoms with Crippen molar-refractivity contribution in [2.24, 2.45) is 0 Å². The lowest BCUT2D eigenvalue weighted by Crippen LogP contribution is -2.34. The van der Waals surface area contributed by atoms with Crippen molar-refractivity contribution in [2.45, 2.75) is 13.3 Å². The lowest BCUT2D eigenvalue weighted by molar-refractivity contribution is -0.115. The van der Waals surface area contributed by atoms with Gasteiger partial charge in [0.25, 0.3) is 5.91 Å². The summed E-state index contributed by atoms with van der Waals surface area (Å²) in [6.45, 7) is 2.57. The van der Waals surface area contributed by atoms with Gasteiger partial charge >= 0.3 is 0 Å². The third-order valence-corrected chi connectivity index (χ3v) is 3.94. The molecule has 2 rings (SSSR count). The maximum atomic E-state index is 12.2. The smallest absolute Gasteiger partial charge is 0.253 e. The lowest BCUT2D eigenvalue weighted by atomic mass is 10.1. The minimum Gasteiger partial charge on any atom is -0.497 e. The maximum Gasteiger partial charge on any atom is 0.253 e. The molecule has 7 heteroatoms. The first-order valence-electron chi connectivity index (χ1n) is 8.84. The Hall–Kier alpha value is -3.19. The van der Waals surface area contributed by atoms with Gasteiger partial charge in [0, 0.05) is 12.6 Å². The Kier molecular flexibility index (Phi) is 8.17. The number of carbonyl (C=O) groups excluding carboxylic acids is 2. The van der Waals surface area contributed by atoms with Gasteiger partial charge in [-0.15, -0.1) is 0 Å². The van der Waals surface area contributed by atoms with Crippen LogP contribution in [0.5, 0.6) is 5.75 Å². The van der Waals surface area contributed by atoms with E-state index in [1.54, 1.807) is 37.5 Å². The molecule has 0 bridgehead atoms. The van der Waals surface area contributed by atoms with Gasteiger partial charge in [-0.2, -0.15) is 0 Å². The molecule has 0 radical (unpaired) electrons. The number of nitrogens with one attached hydrogen (secondary N) is 3. The molecule has 6 nitrogen and oxygen atoms in total. The molecule has 0 aliphatic rings. The van der Waals surface area contributed by atoms with E-state index in [1.807, 2.05) is 31.2 Å². The van der Waals surface area contributed by atoms with Crippen LogP contribution in [0.4, 0.5) is 5.69 Å². The van der Waals surface area contributed by atoms with Crippen molar-refractivity contribution >= 4 is 40.9 Å². The second-order valence-corrected chi connectivity index (χ2v) is 6.26. The van der Waals surface area contributed by atoms with Gasteiger partial charge in [0.1, 0.15) is 5.75 Å². The van der Waals surface area contributed by atoms with Crippen LogP contribution in [-0.2, 0) is 4.79 Å². The average molecular weight is 398 g/mol. The van der Waals surface area contributed by atoms with E-state index in [0.717, 1.165) is 17.7 Å². The summed E-state index contributed by atoms with van der Waals surface area (Å²) in [7, 11) is 1.60. The zero-order valence-electron chi connectivity index (χ0n) is 15.8. The maximum absolute atomic E-state index is 12.2. The van der Waals surface area contributed by atoms with Crippen LogP contribution in [0.15, 0.2) is 54.6 Å². The molecule has 28 heavy (non-hydrogen) atoms. The van der Waals surface area contributed by atoms with Gasteiger partial charge < -0.3 is 15.4 Å². The molecule has 0 spiro atoms. The SMILES string of the molecule is CCCNC(=O)c1ccccc1NC(=S)NC(=O)/C=C/c1ccc(OC)cc1. The first kappa shape index (κ1) is 21.1. The number of hydrogen-bond donors (Lipinski definition) is 3. The van der Waals surface area contributed by atoms with Gasteiger partial charge in [-0.25, -0.2) is 0 Å². The minimum atomic E-state index is -0.374. The zero-order valence-corrected chi connectivity index (χ0v) is 16.6. The van der Waals surface area contributed by atoms with E-state index in [-0.39, 0.29) is 16.9 Å². The molecule has 0 aliphatic heterocycles. The molecule has 0 saturated carbocycles. The summed E-state index contributed by atoms with van der Waals surface area (Å²) in [5, 5.41) is 8.40. The highest BCUT2D eigenvalue weighted by Gasteiger charge is 2.11. The highest BCUT2D eigenvalue weighted by molar-refractivity contribution is 7.80. The summed E-state index contributed by atoms with van der Waals surface area (Å²) in [5.41, 5.74) is 1.84. The monoisotopic (exact) mass is 397 g/mol. The summed E-state index contributed by atoms with van der Waals surface area (Å²) < 4.78 is 5.09. The van der Waals surface area contributed by atoms with Gasteiger partial charge in [-0.05, 0) is 54.5 Å². The number of carbonyl (C=O) groups is 2. The first-order chi connectivity index (χ1) is 13.5. The number of anilines is 1. The van der Waals surface area contributed by atoms with Crippen molar-refractivity contribution < 1.29 is 14.3 Å². The molecule has 0 fully saturated rings. The molecule has 0 heterocycles. The van der Waals surface area contributed by atoms with E-state index in [1.165, 1.54) is 6.08 Å². The molecule has 0 saturated heterocycles. The van der Waals surface area contributed by atoms with Crippen LogP contribution in [0.25, 0.3) is 6.08 Å². The predicted molar refractivity (Wildman–Crippen MR) is 115 cm³/mol. The summed E-state index contributed by atoms with van der Waals surface area (Å²) in [4.78, 5) is 24.3. The van der Waals surface area contributed by atoms with Crippen LogP contribution < -0.4 is 20.7 Å². The van der Waals surface area contributed by atoms with Gasteiger partial charge in [0.15, 0.2) is 5.11 Å². The molecule has 2 aromatic carbocycles. The zero-order chi connectivity index (χ0) is 20.4. The van der Waals surface area contributed by atoms with Crippen molar-refractivity contribution in [2.75, 3.05) is 19.0 Å². The second kappa shape index (κ2) is 10.8. The number of methoxy groups -OCH3 is 1. The molecular formula is C21H23N3O3S. The van der Waals surface area contributed by atoms with Crippen molar-refractivity contribution in [3.63, 3.8) is 0 Å². The third kappa shape index (κ3) is 6.51. The molecule has 2 amide bonds. The van der Waals surface area contributed by atoms with Gasteiger partial charge in [-0.1, -0.05) is 31.2 Å². The summed E-state index contributed by atoms with van der Waals surface area (Å²) >= 11 is 5.18. The molecule has 0 unspecified atom stereocenters. The lowest BCUT2D eigenvalue weighted by Gasteiger charge is -2.12. The highest BCUT2D eigenvalue weighted by Crippen LogP contribution is 2.15.